The lowest BCUT2D eigenvalue weighted by Gasteiger charge is -2.27. The van der Waals surface area contributed by atoms with E-state index < -0.39 is 22.0 Å². The van der Waals surface area contributed by atoms with Crippen molar-refractivity contribution in [1.29, 1.82) is 0 Å². The molecule has 1 N–H and O–H groups in total. The van der Waals surface area contributed by atoms with Crippen LogP contribution in [-0.4, -0.2) is 51.5 Å². The van der Waals surface area contributed by atoms with Gasteiger partial charge in [-0.1, -0.05) is 18.6 Å². The molecule has 9 heteroatoms. The number of nitrogens with one attached hydrogen (secondary N) is 1. The number of sulfonamides is 1. The van der Waals surface area contributed by atoms with E-state index in [0.29, 0.717) is 30.3 Å². The number of hydrogen-bond acceptors (Lipinski definition) is 6. The number of ether oxygens (including phenoxy) is 3. The van der Waals surface area contributed by atoms with Crippen molar-refractivity contribution in [1.82, 2.24) is 4.31 Å². The first-order valence-corrected chi connectivity index (χ1v) is 11.3. The minimum Gasteiger partial charge on any atom is -0.495 e. The predicted molar refractivity (Wildman–Crippen MR) is 111 cm³/mol. The van der Waals surface area contributed by atoms with Crippen molar-refractivity contribution in [2.45, 2.75) is 30.3 Å². The number of fused-ring (bicyclic) bond motifs is 1. The zero-order valence-electron chi connectivity index (χ0n) is 16.7. The van der Waals surface area contributed by atoms with Crippen LogP contribution in [-0.2, 0) is 14.8 Å². The van der Waals surface area contributed by atoms with Gasteiger partial charge in [0.1, 0.15) is 17.3 Å². The van der Waals surface area contributed by atoms with Gasteiger partial charge in [0.05, 0.1) is 7.11 Å². The van der Waals surface area contributed by atoms with Gasteiger partial charge in [-0.25, -0.2) is 8.42 Å². The standard InChI is InChI=1S/C21H24N2O6S/c1-27-18-10-9-15(13-20(18)30(25,26)23-11-5-2-6-12-23)22-21(24)19-14-28-16-7-3-4-8-17(16)29-19/h3-4,7-10,13,19H,2,5-6,11-12,14H2,1H3,(H,22,24). The summed E-state index contributed by atoms with van der Waals surface area (Å²) < 4.78 is 44.3. The fourth-order valence-electron chi connectivity index (χ4n) is 3.57. The highest BCUT2D eigenvalue weighted by Gasteiger charge is 2.31. The number of rotatable bonds is 5. The Morgan fingerprint density at radius 2 is 1.83 bits per heavy atom. The number of methoxy groups -OCH3 is 1. The maximum absolute atomic E-state index is 13.1. The summed E-state index contributed by atoms with van der Waals surface area (Å²) in [7, 11) is -2.30. The van der Waals surface area contributed by atoms with Crippen LogP contribution in [0.1, 0.15) is 19.3 Å². The molecule has 2 aliphatic heterocycles. The molecule has 1 unspecified atom stereocenters. The minimum atomic E-state index is -3.73. The van der Waals surface area contributed by atoms with Crippen LogP contribution in [0.3, 0.4) is 0 Å². The van der Waals surface area contributed by atoms with Crippen molar-refractivity contribution in [2.75, 3.05) is 32.1 Å². The number of nitrogens with zero attached hydrogens (tertiary/aromatic N) is 1. The summed E-state index contributed by atoms with van der Waals surface area (Å²) in [6.45, 7) is 1.03. The Bertz CT molecular complexity index is 1030. The van der Waals surface area contributed by atoms with Crippen LogP contribution >= 0.6 is 0 Å². The van der Waals surface area contributed by atoms with E-state index in [4.69, 9.17) is 14.2 Å². The number of piperidine rings is 1. The lowest BCUT2D eigenvalue weighted by atomic mass is 10.2. The molecular weight excluding hydrogens is 408 g/mol. The number of para-hydroxylation sites is 2. The Hall–Kier alpha value is -2.78. The zero-order chi connectivity index (χ0) is 21.1. The van der Waals surface area contributed by atoms with E-state index in [-0.39, 0.29) is 17.3 Å². The first-order valence-electron chi connectivity index (χ1n) is 9.86. The number of benzene rings is 2. The normalized spacial score (nSPS) is 19.2. The molecule has 2 aromatic carbocycles. The van der Waals surface area contributed by atoms with Gasteiger partial charge in [0.25, 0.3) is 5.91 Å². The summed E-state index contributed by atoms with van der Waals surface area (Å²) in [5, 5.41) is 2.73. The molecule has 1 fully saturated rings. The molecule has 30 heavy (non-hydrogen) atoms. The first-order chi connectivity index (χ1) is 14.5. The minimum absolute atomic E-state index is 0.0378. The highest BCUT2D eigenvalue weighted by molar-refractivity contribution is 7.89. The van der Waals surface area contributed by atoms with Gasteiger partial charge in [-0.05, 0) is 43.2 Å². The van der Waals surface area contributed by atoms with Gasteiger partial charge in [-0.15, -0.1) is 0 Å². The van der Waals surface area contributed by atoms with Gasteiger partial charge in [0.2, 0.25) is 16.1 Å². The molecule has 160 valence electrons. The Morgan fingerprint density at radius 3 is 2.57 bits per heavy atom. The van der Waals surface area contributed by atoms with E-state index >= 15 is 0 Å². The quantitative estimate of drug-likeness (QED) is 0.781. The SMILES string of the molecule is COc1ccc(NC(=O)C2COc3ccccc3O2)cc1S(=O)(=O)N1CCCCC1. The summed E-state index contributed by atoms with van der Waals surface area (Å²) in [4.78, 5) is 12.7. The number of anilines is 1. The second-order valence-corrected chi connectivity index (χ2v) is 9.09. The smallest absolute Gasteiger partial charge is 0.269 e. The van der Waals surface area contributed by atoms with Crippen LogP contribution in [0.15, 0.2) is 47.4 Å². The van der Waals surface area contributed by atoms with Crippen molar-refractivity contribution in [3.8, 4) is 17.2 Å². The molecule has 0 spiro atoms. The predicted octanol–water partition coefficient (Wildman–Crippen LogP) is 2.65. The van der Waals surface area contributed by atoms with Crippen molar-refractivity contribution in [2.24, 2.45) is 0 Å². The Kier molecular flexibility index (Phi) is 5.83. The largest absolute Gasteiger partial charge is 0.495 e. The molecule has 1 saturated heterocycles. The van der Waals surface area contributed by atoms with Crippen LogP contribution in [0, 0.1) is 0 Å². The van der Waals surface area contributed by atoms with E-state index in [9.17, 15) is 13.2 Å². The molecule has 1 atom stereocenters. The van der Waals surface area contributed by atoms with Crippen molar-refractivity contribution in [3.05, 3.63) is 42.5 Å². The van der Waals surface area contributed by atoms with Crippen LogP contribution in [0.4, 0.5) is 5.69 Å². The maximum Gasteiger partial charge on any atom is 0.269 e. The fourth-order valence-corrected chi connectivity index (χ4v) is 5.27. The van der Waals surface area contributed by atoms with Gasteiger partial charge in [0, 0.05) is 18.8 Å². The summed E-state index contributed by atoms with van der Waals surface area (Å²) >= 11 is 0. The molecule has 2 heterocycles. The topological polar surface area (TPSA) is 94.2 Å². The van der Waals surface area contributed by atoms with E-state index in [1.807, 2.05) is 6.07 Å². The average molecular weight is 432 g/mol. The van der Waals surface area contributed by atoms with Crippen LogP contribution in [0.2, 0.25) is 0 Å². The van der Waals surface area contributed by atoms with Crippen molar-refractivity contribution in [3.63, 3.8) is 0 Å². The summed E-state index contributed by atoms with van der Waals surface area (Å²) in [5.74, 6) is 0.897. The third-order valence-electron chi connectivity index (χ3n) is 5.17. The number of hydrogen-bond donors (Lipinski definition) is 1. The monoisotopic (exact) mass is 432 g/mol. The van der Waals surface area contributed by atoms with Gasteiger partial charge >= 0.3 is 0 Å². The molecular formula is C21H24N2O6S. The van der Waals surface area contributed by atoms with Gasteiger partial charge in [-0.2, -0.15) is 4.31 Å². The number of amides is 1. The lowest BCUT2D eigenvalue weighted by Crippen LogP contribution is -2.40. The maximum atomic E-state index is 13.1. The molecule has 2 aromatic rings. The van der Waals surface area contributed by atoms with Gasteiger partial charge < -0.3 is 19.5 Å². The van der Waals surface area contributed by atoms with Gasteiger partial charge in [0.15, 0.2) is 11.5 Å². The summed E-state index contributed by atoms with van der Waals surface area (Å²) in [6, 6.07) is 11.7. The molecule has 1 amide bonds. The molecule has 0 bridgehead atoms. The van der Waals surface area contributed by atoms with Crippen LogP contribution in [0.25, 0.3) is 0 Å². The summed E-state index contributed by atoms with van der Waals surface area (Å²) in [6.07, 6.45) is 1.84. The van der Waals surface area contributed by atoms with Crippen molar-refractivity contribution >= 4 is 21.6 Å². The molecule has 0 aromatic heterocycles. The highest BCUT2D eigenvalue weighted by atomic mass is 32.2. The molecule has 0 radical (unpaired) electrons. The summed E-state index contributed by atoms with van der Waals surface area (Å²) in [5.41, 5.74) is 0.346. The van der Waals surface area contributed by atoms with E-state index in [2.05, 4.69) is 5.32 Å². The highest BCUT2D eigenvalue weighted by Crippen LogP contribution is 2.33. The van der Waals surface area contributed by atoms with E-state index in [0.717, 1.165) is 19.3 Å². The van der Waals surface area contributed by atoms with E-state index in [1.165, 1.54) is 17.5 Å². The van der Waals surface area contributed by atoms with Crippen LogP contribution < -0.4 is 19.5 Å². The van der Waals surface area contributed by atoms with Crippen molar-refractivity contribution < 1.29 is 27.4 Å². The average Bonchev–Trinajstić information content (AvgIpc) is 2.79. The molecule has 4 rings (SSSR count). The second kappa shape index (κ2) is 8.53. The number of carbonyl (C=O) groups excluding carboxylic acids is 1. The zero-order valence-corrected chi connectivity index (χ0v) is 17.5. The third kappa shape index (κ3) is 4.08. The third-order valence-corrected chi connectivity index (χ3v) is 7.08. The molecule has 2 aliphatic rings. The molecule has 0 aliphatic carbocycles. The molecule has 0 saturated carbocycles. The van der Waals surface area contributed by atoms with Crippen LogP contribution in [0.5, 0.6) is 17.2 Å². The Labute approximate surface area is 175 Å². The fraction of sp³-hybridized carbons (Fsp3) is 0.381. The Balaban J connectivity index is 1.54. The van der Waals surface area contributed by atoms with E-state index in [1.54, 1.807) is 30.3 Å². The lowest BCUT2D eigenvalue weighted by molar-refractivity contribution is -0.125. The first kappa shape index (κ1) is 20.5. The second-order valence-electron chi connectivity index (χ2n) is 7.18. The molecule has 8 nitrogen and oxygen atoms in total. The van der Waals surface area contributed by atoms with Gasteiger partial charge in [-0.3, -0.25) is 4.79 Å². The Morgan fingerprint density at radius 1 is 1.10 bits per heavy atom. The number of carbonyl (C=O) groups is 1.